The number of amides is 1. The molecule has 0 spiro atoms. The molecule has 0 bridgehead atoms. The third-order valence-corrected chi connectivity index (χ3v) is 3.47. The van der Waals surface area contributed by atoms with Gasteiger partial charge in [-0.05, 0) is 29.8 Å². The van der Waals surface area contributed by atoms with Crippen LogP contribution in [0.4, 0.5) is 5.69 Å². The summed E-state index contributed by atoms with van der Waals surface area (Å²) in [6.07, 6.45) is 1.48. The smallest absolute Gasteiger partial charge is 0.291 e. The van der Waals surface area contributed by atoms with Gasteiger partial charge in [-0.3, -0.25) is 9.79 Å². The lowest BCUT2D eigenvalue weighted by Crippen LogP contribution is -2.35. The molecule has 0 fully saturated rings. The predicted octanol–water partition coefficient (Wildman–Crippen LogP) is 2.54. The van der Waals surface area contributed by atoms with E-state index >= 15 is 0 Å². The second-order valence-electron chi connectivity index (χ2n) is 5.11. The Morgan fingerprint density at radius 3 is 2.70 bits per heavy atom. The van der Waals surface area contributed by atoms with E-state index in [2.05, 4.69) is 20.5 Å². The summed E-state index contributed by atoms with van der Waals surface area (Å²) in [7, 11) is 2.02. The summed E-state index contributed by atoms with van der Waals surface area (Å²) in [6.45, 7) is 2.51. The van der Waals surface area contributed by atoms with Crippen molar-refractivity contribution >= 4 is 41.5 Å². The van der Waals surface area contributed by atoms with Gasteiger partial charge < -0.3 is 20.0 Å². The van der Waals surface area contributed by atoms with E-state index in [9.17, 15) is 4.79 Å². The summed E-state index contributed by atoms with van der Waals surface area (Å²) in [4.78, 5) is 18.3. The molecule has 7 heteroatoms. The van der Waals surface area contributed by atoms with Crippen molar-refractivity contribution in [2.75, 3.05) is 25.5 Å². The summed E-state index contributed by atoms with van der Waals surface area (Å²) in [5.74, 6) is 0.973. The fourth-order valence-electron chi connectivity index (χ4n) is 2.21. The Kier molecular flexibility index (Phi) is 6.03. The van der Waals surface area contributed by atoms with Gasteiger partial charge in [0.1, 0.15) is 0 Å². The van der Waals surface area contributed by atoms with Gasteiger partial charge in [0.15, 0.2) is 11.7 Å². The molecule has 0 unspecified atom stereocenters. The third kappa shape index (κ3) is 4.47. The Morgan fingerprint density at radius 1 is 1.30 bits per heavy atom. The lowest BCUT2D eigenvalue weighted by molar-refractivity contribution is 0.0996. The van der Waals surface area contributed by atoms with E-state index in [1.807, 2.05) is 31.3 Å². The van der Waals surface area contributed by atoms with E-state index in [4.69, 9.17) is 4.42 Å². The van der Waals surface area contributed by atoms with Crippen LogP contribution < -0.4 is 10.6 Å². The minimum Gasteiger partial charge on any atom is -0.459 e. The normalized spacial score (nSPS) is 13.3. The highest BCUT2D eigenvalue weighted by Crippen LogP contribution is 2.12. The van der Waals surface area contributed by atoms with Crippen molar-refractivity contribution in [2.24, 2.45) is 4.99 Å². The number of nitrogens with zero attached hydrogens (tertiary/aromatic N) is 2. The summed E-state index contributed by atoms with van der Waals surface area (Å²) in [6, 6.07) is 11.0. The standard InChI is InChI=1S/C16H18N4O2.HI/c1-20-9-8-17-16(20)18-11-12-4-6-13(7-5-12)19-15(21)14-3-2-10-22-14;/h2-7,10H,8-9,11H2,1H3,(H,17,18)(H,19,21);1H. The molecule has 0 aliphatic carbocycles. The first-order chi connectivity index (χ1) is 10.7. The van der Waals surface area contributed by atoms with Gasteiger partial charge in [-0.1, -0.05) is 12.1 Å². The van der Waals surface area contributed by atoms with E-state index in [1.54, 1.807) is 12.1 Å². The Morgan fingerprint density at radius 2 is 2.09 bits per heavy atom. The van der Waals surface area contributed by atoms with Gasteiger partial charge in [0.05, 0.1) is 12.8 Å². The fraction of sp³-hybridized carbons (Fsp3) is 0.250. The Bertz CT molecular complexity index is 668. The highest BCUT2D eigenvalue weighted by molar-refractivity contribution is 14.0. The molecule has 0 saturated heterocycles. The zero-order valence-electron chi connectivity index (χ0n) is 12.8. The number of carbonyl (C=O) groups is 1. The predicted molar refractivity (Wildman–Crippen MR) is 100 cm³/mol. The molecular weight excluding hydrogens is 407 g/mol. The highest BCUT2D eigenvalue weighted by atomic mass is 127. The number of benzene rings is 1. The topological polar surface area (TPSA) is 69.9 Å². The monoisotopic (exact) mass is 426 g/mol. The number of nitrogens with one attached hydrogen (secondary N) is 2. The second kappa shape index (κ2) is 8.00. The Hall–Kier alpha value is -2.03. The van der Waals surface area contributed by atoms with Crippen LogP contribution in [0, 0.1) is 0 Å². The molecule has 3 rings (SSSR count). The number of aliphatic imine (C=N–C) groups is 1. The summed E-state index contributed by atoms with van der Waals surface area (Å²) in [5, 5.41) is 6.09. The van der Waals surface area contributed by atoms with Crippen molar-refractivity contribution in [3.8, 4) is 0 Å². The number of furan rings is 1. The number of likely N-dealkylation sites (N-methyl/N-ethyl adjacent to an activating group) is 1. The molecule has 0 radical (unpaired) electrons. The minimum atomic E-state index is -0.252. The van der Waals surface area contributed by atoms with E-state index in [0.717, 1.165) is 30.3 Å². The van der Waals surface area contributed by atoms with Crippen molar-refractivity contribution in [1.29, 1.82) is 0 Å². The zero-order chi connectivity index (χ0) is 15.4. The minimum absolute atomic E-state index is 0. The fourth-order valence-corrected chi connectivity index (χ4v) is 2.21. The maximum absolute atomic E-state index is 11.9. The van der Waals surface area contributed by atoms with Gasteiger partial charge in [-0.15, -0.1) is 24.0 Å². The number of halogens is 1. The number of rotatable bonds is 4. The molecule has 1 amide bonds. The molecule has 2 aromatic rings. The maximum Gasteiger partial charge on any atom is 0.291 e. The van der Waals surface area contributed by atoms with Crippen molar-refractivity contribution in [3.63, 3.8) is 0 Å². The molecule has 122 valence electrons. The molecule has 2 heterocycles. The van der Waals surface area contributed by atoms with Crippen molar-refractivity contribution in [3.05, 3.63) is 54.0 Å². The quantitative estimate of drug-likeness (QED) is 0.738. The van der Waals surface area contributed by atoms with Gasteiger partial charge in [0.2, 0.25) is 0 Å². The summed E-state index contributed by atoms with van der Waals surface area (Å²) in [5.41, 5.74) is 1.86. The number of carbonyl (C=O) groups excluding carboxylic acids is 1. The van der Waals surface area contributed by atoms with Gasteiger partial charge in [0, 0.05) is 25.8 Å². The average Bonchev–Trinajstić information content (AvgIpc) is 3.18. The van der Waals surface area contributed by atoms with Crippen LogP contribution in [0.1, 0.15) is 16.1 Å². The van der Waals surface area contributed by atoms with E-state index < -0.39 is 0 Å². The van der Waals surface area contributed by atoms with Crippen LogP contribution in [-0.4, -0.2) is 36.9 Å². The molecule has 2 N–H and O–H groups in total. The lowest BCUT2D eigenvalue weighted by atomic mass is 10.2. The number of hydrogen-bond donors (Lipinski definition) is 2. The third-order valence-electron chi connectivity index (χ3n) is 3.47. The van der Waals surface area contributed by atoms with Gasteiger partial charge >= 0.3 is 0 Å². The molecule has 0 saturated carbocycles. The first-order valence-electron chi connectivity index (χ1n) is 7.15. The highest BCUT2D eigenvalue weighted by Gasteiger charge is 2.11. The molecule has 23 heavy (non-hydrogen) atoms. The van der Waals surface area contributed by atoms with E-state index in [-0.39, 0.29) is 29.9 Å². The molecule has 1 aliphatic rings. The van der Waals surface area contributed by atoms with Gasteiger partial charge in [-0.2, -0.15) is 0 Å². The van der Waals surface area contributed by atoms with Crippen LogP contribution in [-0.2, 0) is 6.54 Å². The molecule has 6 nitrogen and oxygen atoms in total. The van der Waals surface area contributed by atoms with Gasteiger partial charge in [-0.25, -0.2) is 0 Å². The van der Waals surface area contributed by atoms with Crippen molar-refractivity contribution in [1.82, 2.24) is 10.2 Å². The van der Waals surface area contributed by atoms with Crippen LogP contribution in [0.25, 0.3) is 0 Å². The van der Waals surface area contributed by atoms with Crippen molar-refractivity contribution in [2.45, 2.75) is 6.54 Å². The first kappa shape index (κ1) is 17.3. The Labute approximate surface area is 152 Å². The van der Waals surface area contributed by atoms with E-state index in [0.29, 0.717) is 12.3 Å². The van der Waals surface area contributed by atoms with E-state index in [1.165, 1.54) is 6.26 Å². The molecule has 1 aliphatic heterocycles. The molecule has 1 aromatic carbocycles. The average molecular weight is 426 g/mol. The molecule has 0 atom stereocenters. The second-order valence-corrected chi connectivity index (χ2v) is 5.11. The zero-order valence-corrected chi connectivity index (χ0v) is 15.1. The first-order valence-corrected chi connectivity index (χ1v) is 7.15. The van der Waals surface area contributed by atoms with Crippen LogP contribution in [0.15, 0.2) is 52.1 Å². The van der Waals surface area contributed by atoms with Gasteiger partial charge in [0.25, 0.3) is 5.91 Å². The molecule has 1 aromatic heterocycles. The maximum atomic E-state index is 11.9. The van der Waals surface area contributed by atoms with Crippen LogP contribution in [0.2, 0.25) is 0 Å². The number of hydrogen-bond acceptors (Lipinski definition) is 5. The van der Waals surface area contributed by atoms with Crippen LogP contribution >= 0.6 is 24.0 Å². The Balaban J connectivity index is 0.00000192. The van der Waals surface area contributed by atoms with Crippen LogP contribution in [0.3, 0.4) is 0 Å². The number of guanidine groups is 1. The molecular formula is C16H19IN4O2. The van der Waals surface area contributed by atoms with Crippen LogP contribution in [0.5, 0.6) is 0 Å². The SMILES string of the molecule is CN1CCN=C1NCc1ccc(NC(=O)c2ccco2)cc1.I. The van der Waals surface area contributed by atoms with Crippen molar-refractivity contribution < 1.29 is 9.21 Å². The number of anilines is 1. The summed E-state index contributed by atoms with van der Waals surface area (Å²) >= 11 is 0. The largest absolute Gasteiger partial charge is 0.459 e. The summed E-state index contributed by atoms with van der Waals surface area (Å²) < 4.78 is 5.06. The lowest BCUT2D eigenvalue weighted by Gasteiger charge is -2.15.